The minimum atomic E-state index is 0.946. The summed E-state index contributed by atoms with van der Waals surface area (Å²) in [5.74, 6) is 0. The van der Waals surface area contributed by atoms with E-state index >= 15 is 0 Å². The zero-order chi connectivity index (χ0) is 6.85. The molecule has 0 spiro atoms. The normalized spacial score (nSPS) is 10.1. The first-order chi connectivity index (χ1) is 4.24. The minimum Gasteiger partial charge on any atom is -0.138 e. The number of nitrogens with zero attached hydrogens (tertiary/aromatic N) is 3. The second-order valence-electron chi connectivity index (χ2n) is 2.14. The van der Waals surface area contributed by atoms with Crippen LogP contribution in [0.5, 0.6) is 0 Å². The van der Waals surface area contributed by atoms with Crippen LogP contribution in [0, 0.1) is 6.92 Å². The highest BCUT2D eigenvalue weighted by molar-refractivity contribution is 4.82. The van der Waals surface area contributed by atoms with Crippen LogP contribution < -0.4 is 4.68 Å². The molecule has 3 heteroatoms. The van der Waals surface area contributed by atoms with Crippen molar-refractivity contribution in [3.63, 3.8) is 0 Å². The Labute approximate surface area is 54.9 Å². The van der Waals surface area contributed by atoms with Gasteiger partial charge in [0.2, 0.25) is 0 Å². The highest BCUT2D eigenvalue weighted by Crippen LogP contribution is 1.84. The van der Waals surface area contributed by atoms with Crippen molar-refractivity contribution >= 4 is 0 Å². The third-order valence-electron chi connectivity index (χ3n) is 1.42. The molecule has 0 atom stereocenters. The molecule has 1 heterocycles. The number of rotatable bonds is 1. The Morgan fingerprint density at radius 2 is 2.44 bits per heavy atom. The molecule has 1 aromatic rings. The Balaban J connectivity index is 2.98. The Morgan fingerprint density at radius 3 is 2.67 bits per heavy atom. The highest BCUT2D eigenvalue weighted by atomic mass is 15.5. The molecule has 0 aliphatic carbocycles. The fourth-order valence-electron chi connectivity index (χ4n) is 0.722. The minimum absolute atomic E-state index is 0.946. The molecule has 1 aromatic heterocycles. The summed E-state index contributed by atoms with van der Waals surface area (Å²) >= 11 is 0. The van der Waals surface area contributed by atoms with Gasteiger partial charge in [-0.15, -0.1) is 9.36 Å². The van der Waals surface area contributed by atoms with E-state index in [1.54, 1.807) is 0 Å². The van der Waals surface area contributed by atoms with Gasteiger partial charge in [0.25, 0.3) is 0 Å². The van der Waals surface area contributed by atoms with Gasteiger partial charge in [0, 0.05) is 6.92 Å². The number of hydrogen-bond donors (Lipinski definition) is 0. The molecule has 0 aliphatic heterocycles. The van der Waals surface area contributed by atoms with Crippen molar-refractivity contribution < 1.29 is 4.68 Å². The Kier molecular flexibility index (Phi) is 1.51. The van der Waals surface area contributed by atoms with E-state index in [4.69, 9.17) is 0 Å². The van der Waals surface area contributed by atoms with Gasteiger partial charge in [-0.25, -0.2) is 0 Å². The third-order valence-corrected chi connectivity index (χ3v) is 1.42. The molecule has 3 nitrogen and oxygen atoms in total. The summed E-state index contributed by atoms with van der Waals surface area (Å²) < 4.78 is 3.78. The van der Waals surface area contributed by atoms with Gasteiger partial charge in [-0.2, -0.15) is 0 Å². The smallest absolute Gasteiger partial charge is 0.138 e. The first kappa shape index (κ1) is 6.26. The van der Waals surface area contributed by atoms with Crippen molar-refractivity contribution in [1.82, 2.24) is 9.90 Å². The number of aryl methyl sites for hydroxylation is 3. The molecule has 0 bridgehead atoms. The summed E-state index contributed by atoms with van der Waals surface area (Å²) in [6.07, 6.45) is 2.03. The summed E-state index contributed by atoms with van der Waals surface area (Å²) in [7, 11) is 1.95. The van der Waals surface area contributed by atoms with E-state index in [0.717, 1.165) is 6.54 Å². The number of aromatic nitrogens is 3. The number of hydrogen-bond acceptors (Lipinski definition) is 1. The maximum atomic E-state index is 4.16. The van der Waals surface area contributed by atoms with Crippen LogP contribution in [0.15, 0.2) is 6.20 Å². The molecular formula is C6H12N3+. The van der Waals surface area contributed by atoms with Gasteiger partial charge in [-0.05, 0) is 6.92 Å². The van der Waals surface area contributed by atoms with Crippen molar-refractivity contribution in [3.8, 4) is 0 Å². The van der Waals surface area contributed by atoms with Crippen LogP contribution in [0.1, 0.15) is 12.6 Å². The Morgan fingerprint density at radius 1 is 1.78 bits per heavy atom. The quantitative estimate of drug-likeness (QED) is 0.487. The highest BCUT2D eigenvalue weighted by Gasteiger charge is 2.03. The first-order valence-electron chi connectivity index (χ1n) is 3.14. The van der Waals surface area contributed by atoms with Crippen LogP contribution in [0.4, 0.5) is 0 Å². The van der Waals surface area contributed by atoms with E-state index in [0.29, 0.717) is 0 Å². The molecule has 0 amide bonds. The predicted octanol–water partition coefficient (Wildman–Crippen LogP) is 0.0359. The van der Waals surface area contributed by atoms with Crippen LogP contribution in [0.2, 0.25) is 0 Å². The average molecular weight is 126 g/mol. The zero-order valence-electron chi connectivity index (χ0n) is 6.13. The van der Waals surface area contributed by atoms with Gasteiger partial charge in [0.05, 0.1) is 5.21 Å². The average Bonchev–Trinajstić information content (AvgIpc) is 2.13. The van der Waals surface area contributed by atoms with Gasteiger partial charge in [-0.1, -0.05) is 0 Å². The maximum absolute atomic E-state index is 4.16. The molecule has 0 aliphatic rings. The lowest BCUT2D eigenvalue weighted by Gasteiger charge is -1.78. The lowest BCUT2D eigenvalue weighted by molar-refractivity contribution is -0.752. The van der Waals surface area contributed by atoms with Crippen molar-refractivity contribution in [1.29, 1.82) is 0 Å². The van der Waals surface area contributed by atoms with Crippen molar-refractivity contribution in [2.45, 2.75) is 20.4 Å². The lowest BCUT2D eigenvalue weighted by atomic mass is 10.5. The Hall–Kier alpha value is -0.860. The van der Waals surface area contributed by atoms with E-state index in [1.165, 1.54) is 5.69 Å². The fraction of sp³-hybridized carbons (Fsp3) is 0.667. The zero-order valence-corrected chi connectivity index (χ0v) is 6.13. The second-order valence-corrected chi connectivity index (χ2v) is 2.14. The van der Waals surface area contributed by atoms with Gasteiger partial charge in [-0.3, -0.25) is 0 Å². The van der Waals surface area contributed by atoms with Crippen LogP contribution in [0.25, 0.3) is 0 Å². The molecule has 0 radical (unpaired) electrons. The summed E-state index contributed by atoms with van der Waals surface area (Å²) in [5, 5.41) is 4.16. The van der Waals surface area contributed by atoms with Crippen molar-refractivity contribution in [2.75, 3.05) is 0 Å². The molecule has 0 aromatic carbocycles. The standard InChI is InChI=1S/C6H12N3/c1-4-9-5-6(2)8(3)7-9/h5H,4H2,1-3H3/q+1. The van der Waals surface area contributed by atoms with E-state index in [1.807, 2.05) is 29.5 Å². The van der Waals surface area contributed by atoms with E-state index < -0.39 is 0 Å². The van der Waals surface area contributed by atoms with Crippen LogP contribution >= 0.6 is 0 Å². The maximum Gasteiger partial charge on any atom is 0.164 e. The lowest BCUT2D eigenvalue weighted by Crippen LogP contribution is -2.34. The van der Waals surface area contributed by atoms with Crippen molar-refractivity contribution in [3.05, 3.63) is 11.9 Å². The largest absolute Gasteiger partial charge is 0.164 e. The molecular weight excluding hydrogens is 114 g/mol. The summed E-state index contributed by atoms with van der Waals surface area (Å²) in [4.78, 5) is 0. The molecule has 9 heavy (non-hydrogen) atoms. The van der Waals surface area contributed by atoms with Gasteiger partial charge in [0.15, 0.2) is 11.9 Å². The van der Waals surface area contributed by atoms with Crippen LogP contribution in [-0.4, -0.2) is 9.90 Å². The van der Waals surface area contributed by atoms with Crippen LogP contribution in [0.3, 0.4) is 0 Å². The fourth-order valence-corrected chi connectivity index (χ4v) is 0.722. The van der Waals surface area contributed by atoms with Gasteiger partial charge < -0.3 is 0 Å². The first-order valence-corrected chi connectivity index (χ1v) is 3.14. The van der Waals surface area contributed by atoms with E-state index in [9.17, 15) is 0 Å². The summed E-state index contributed by atoms with van der Waals surface area (Å²) in [6.45, 7) is 5.06. The third kappa shape index (κ3) is 1.09. The van der Waals surface area contributed by atoms with Gasteiger partial charge >= 0.3 is 0 Å². The topological polar surface area (TPSA) is 21.7 Å². The SMILES string of the molecule is CC[n+]1cc(C)n(C)n1. The molecule has 0 saturated carbocycles. The van der Waals surface area contributed by atoms with E-state index in [-0.39, 0.29) is 0 Å². The summed E-state index contributed by atoms with van der Waals surface area (Å²) in [5.41, 5.74) is 1.19. The van der Waals surface area contributed by atoms with E-state index in [2.05, 4.69) is 12.1 Å². The second kappa shape index (κ2) is 2.17. The molecule has 0 fully saturated rings. The monoisotopic (exact) mass is 126 g/mol. The van der Waals surface area contributed by atoms with Crippen molar-refractivity contribution in [2.24, 2.45) is 7.05 Å². The van der Waals surface area contributed by atoms with Crippen LogP contribution in [-0.2, 0) is 13.6 Å². The molecule has 0 unspecified atom stereocenters. The Bertz CT molecular complexity index is 183. The van der Waals surface area contributed by atoms with Gasteiger partial charge in [0.1, 0.15) is 13.6 Å². The molecule has 1 rings (SSSR count). The summed E-state index contributed by atoms with van der Waals surface area (Å²) in [6, 6.07) is 0. The molecule has 50 valence electrons. The molecule has 0 N–H and O–H groups in total. The predicted molar refractivity (Wildman–Crippen MR) is 33.8 cm³/mol. The molecule has 0 saturated heterocycles.